The van der Waals surface area contributed by atoms with E-state index < -0.39 is 76.8 Å². The van der Waals surface area contributed by atoms with Gasteiger partial charge in [-0.05, 0) is 153 Å². The molecule has 8 rings (SSSR count). The fourth-order valence-corrected chi connectivity index (χ4v) is 11.6. The van der Waals surface area contributed by atoms with Gasteiger partial charge in [-0.1, -0.05) is 96.1 Å². The fraction of sp³-hybridized carbons (Fsp3) is 0.492. The van der Waals surface area contributed by atoms with Crippen LogP contribution in [-0.4, -0.2) is 120 Å². The van der Waals surface area contributed by atoms with Crippen molar-refractivity contribution in [2.24, 2.45) is 10.8 Å². The molecule has 81 heavy (non-hydrogen) atoms. The highest BCUT2D eigenvalue weighted by molar-refractivity contribution is 6.05. The van der Waals surface area contributed by atoms with Gasteiger partial charge in [-0.25, -0.2) is 0 Å². The van der Waals surface area contributed by atoms with Crippen molar-refractivity contribution in [1.82, 2.24) is 47.0 Å². The van der Waals surface area contributed by atoms with Crippen molar-refractivity contribution >= 4 is 52.9 Å². The topological polar surface area (TPSA) is 239 Å². The number of fused-ring (bicyclic) bond motifs is 3. The first-order valence-corrected chi connectivity index (χ1v) is 28.6. The molecule has 4 aromatic carbocycles. The Morgan fingerprint density at radius 3 is 1.56 bits per heavy atom. The summed E-state index contributed by atoms with van der Waals surface area (Å²) in [6.07, 6.45) is 5.48. The highest BCUT2D eigenvalue weighted by atomic mass is 16.2. The van der Waals surface area contributed by atoms with Crippen LogP contribution >= 0.6 is 0 Å². The van der Waals surface area contributed by atoms with Crippen LogP contribution in [0.4, 0.5) is 5.69 Å². The van der Waals surface area contributed by atoms with Crippen LogP contribution in [0.3, 0.4) is 0 Å². The molecule has 1 saturated heterocycles. The van der Waals surface area contributed by atoms with Crippen LogP contribution in [-0.2, 0) is 54.6 Å². The van der Waals surface area contributed by atoms with E-state index in [-0.39, 0.29) is 67.2 Å². The van der Waals surface area contributed by atoms with Crippen molar-refractivity contribution in [3.63, 3.8) is 0 Å². The number of nitrogens with zero attached hydrogens (tertiary/aromatic N) is 2. The van der Waals surface area contributed by atoms with E-state index >= 15 is 0 Å². The van der Waals surface area contributed by atoms with Crippen LogP contribution in [0.25, 0.3) is 0 Å². The van der Waals surface area contributed by atoms with Gasteiger partial charge in [0.1, 0.15) is 24.2 Å². The molecule has 0 saturated carbocycles. The molecule has 2 unspecified atom stereocenters. The molecule has 432 valence electrons. The third-order valence-electron chi connectivity index (χ3n) is 16.6. The van der Waals surface area contributed by atoms with E-state index in [9.17, 15) is 38.4 Å². The van der Waals surface area contributed by atoms with Crippen LogP contribution in [0.15, 0.2) is 91.0 Å². The van der Waals surface area contributed by atoms with Gasteiger partial charge in [-0.15, -0.1) is 0 Å². The van der Waals surface area contributed by atoms with Crippen molar-refractivity contribution in [2.45, 2.75) is 168 Å². The summed E-state index contributed by atoms with van der Waals surface area (Å²) in [6, 6.07) is 21.7. The van der Waals surface area contributed by atoms with Crippen LogP contribution in [0.1, 0.15) is 154 Å². The second-order valence-electron chi connectivity index (χ2n) is 24.6. The second kappa shape index (κ2) is 25.1. The maximum Gasteiger partial charge on any atom is 0.255 e. The molecule has 2 heterocycles. The number of hydrogen-bond acceptors (Lipinski definition) is 10. The van der Waals surface area contributed by atoms with E-state index in [4.69, 9.17) is 0 Å². The number of carbonyl (C=O) groups excluding carboxylic acids is 8. The Kier molecular flexibility index (Phi) is 18.5. The number of likely N-dealkylation sites (tertiary alicyclic amines) is 1. The minimum Gasteiger partial charge on any atom is -0.347 e. The number of aryl methyl sites for hydroxylation is 2. The monoisotopic (exact) mass is 1110 g/mol. The van der Waals surface area contributed by atoms with Gasteiger partial charge in [-0.3, -0.25) is 38.4 Å². The van der Waals surface area contributed by atoms with Crippen molar-refractivity contribution in [3.05, 3.63) is 136 Å². The predicted octanol–water partition coefficient (Wildman–Crippen LogP) is 5.56. The molecule has 4 aromatic rings. The molecule has 2 aliphatic carbocycles. The van der Waals surface area contributed by atoms with E-state index in [0.717, 1.165) is 55.2 Å². The lowest BCUT2D eigenvalue weighted by Gasteiger charge is -2.42. The molecule has 2 aliphatic heterocycles. The number of rotatable bonds is 16. The third-order valence-corrected chi connectivity index (χ3v) is 16.6. The van der Waals surface area contributed by atoms with Crippen molar-refractivity contribution < 1.29 is 38.4 Å². The average Bonchev–Trinajstić information content (AvgIpc) is 3.95. The number of nitrogens with one attached hydrogen (secondary N) is 8. The van der Waals surface area contributed by atoms with Gasteiger partial charge in [0.2, 0.25) is 35.4 Å². The zero-order chi connectivity index (χ0) is 58.5. The number of likely N-dealkylation sites (N-methyl/N-ethyl adjacent to an activating group) is 2. The summed E-state index contributed by atoms with van der Waals surface area (Å²) in [7, 11) is 3.33. The standard InChI is InChI=1S/C63H82N10O8/c1-36(64-9)54(74)70-52(62(3,4)5)60(80)72-34-43-31-42(26-25-41(43)32-50(72)58(78)68-48-23-15-19-38-17-11-13-21-46(38)48)57(77)66-44-29-27-40(28-30-44)56(76)67-45-33-51(59(79)69-49-24-16-20-39-18-12-14-22-47(39)49)73(35-45)61(81)53(63(6,7)8)71-55(75)37(2)65-10/h11-14,17-18,21-22,25-31,36-37,45,48-53,64-65H,15-16,19-20,23-24,32-35H2,1-10H3,(H,66,77)(H,67,76)(H,68,78)(H,69,79)(H,70,74)(H,71,75)/t36-,37-,45-,48+,49+,50-,51?,52?,53+/m0/s1. The van der Waals surface area contributed by atoms with E-state index in [0.29, 0.717) is 16.8 Å². The summed E-state index contributed by atoms with van der Waals surface area (Å²) >= 11 is 0. The Morgan fingerprint density at radius 2 is 1.04 bits per heavy atom. The first-order valence-electron chi connectivity index (χ1n) is 28.6. The third kappa shape index (κ3) is 13.8. The minimum absolute atomic E-state index is 0.0134. The lowest BCUT2D eigenvalue weighted by atomic mass is 9.83. The van der Waals surface area contributed by atoms with Crippen molar-refractivity contribution in [2.75, 3.05) is 26.0 Å². The van der Waals surface area contributed by atoms with Crippen molar-refractivity contribution in [1.29, 1.82) is 0 Å². The number of carbonyl (C=O) groups is 8. The van der Waals surface area contributed by atoms with Gasteiger partial charge < -0.3 is 52.3 Å². The Balaban J connectivity index is 0.972. The van der Waals surface area contributed by atoms with E-state index in [1.54, 1.807) is 69.2 Å². The average molecular weight is 1110 g/mol. The van der Waals surface area contributed by atoms with Gasteiger partial charge >= 0.3 is 0 Å². The molecule has 8 amide bonds. The molecule has 0 aromatic heterocycles. The molecule has 0 spiro atoms. The van der Waals surface area contributed by atoms with Gasteiger partial charge in [0.25, 0.3) is 11.8 Å². The Bertz CT molecular complexity index is 3020. The number of hydrogen-bond donors (Lipinski definition) is 8. The Morgan fingerprint density at radius 1 is 0.543 bits per heavy atom. The van der Waals surface area contributed by atoms with Crippen LogP contribution in [0.2, 0.25) is 0 Å². The summed E-state index contributed by atoms with van der Waals surface area (Å²) in [5.74, 6) is -3.05. The SMILES string of the molecule is CN[C@@H](C)C(=O)NC(C(=O)N1Cc2cc(C(=O)Nc3ccc(C(=O)N[C@H]4CC(C(=O)N[C@@H]5CCCc6ccccc65)N(C(=O)[C@@H](NC(=O)[C@H](C)NC)C(C)(C)C)C4)cc3)ccc2C[C@H]1C(=O)N[C@@H]1CCCc2ccccc21)C(C)(C)C. The summed E-state index contributed by atoms with van der Waals surface area (Å²) < 4.78 is 0. The maximum atomic E-state index is 14.9. The summed E-state index contributed by atoms with van der Waals surface area (Å²) in [5, 5.41) is 24.2. The number of amides is 8. The second-order valence-corrected chi connectivity index (χ2v) is 24.6. The zero-order valence-electron chi connectivity index (χ0n) is 48.6. The minimum atomic E-state index is -0.977. The lowest BCUT2D eigenvalue weighted by molar-refractivity contribution is -0.147. The zero-order valence-corrected chi connectivity index (χ0v) is 48.6. The van der Waals surface area contributed by atoms with E-state index in [2.05, 4.69) is 54.7 Å². The molecule has 18 heteroatoms. The largest absolute Gasteiger partial charge is 0.347 e. The summed E-state index contributed by atoms with van der Waals surface area (Å²) in [6.45, 7) is 14.6. The molecule has 0 radical (unpaired) electrons. The normalized spacial score (nSPS) is 21.1. The van der Waals surface area contributed by atoms with Gasteiger partial charge in [0, 0.05) is 42.4 Å². The molecule has 4 aliphatic rings. The molecule has 0 bridgehead atoms. The van der Waals surface area contributed by atoms with Gasteiger partial charge in [-0.2, -0.15) is 0 Å². The first-order chi connectivity index (χ1) is 38.4. The number of anilines is 1. The quantitative estimate of drug-likeness (QED) is 0.0696. The van der Waals surface area contributed by atoms with E-state index in [1.165, 1.54) is 16.0 Å². The summed E-state index contributed by atoms with van der Waals surface area (Å²) in [4.78, 5) is 116. The molecular formula is C63H82N10O8. The molecule has 18 nitrogen and oxygen atoms in total. The maximum absolute atomic E-state index is 14.9. The first kappa shape index (κ1) is 59.7. The smallest absolute Gasteiger partial charge is 0.255 e. The van der Waals surface area contributed by atoms with Gasteiger partial charge in [0.15, 0.2) is 0 Å². The summed E-state index contributed by atoms with van der Waals surface area (Å²) in [5.41, 5.74) is 5.52. The Hall–Kier alpha value is -7.44. The number of benzene rings is 4. The fourth-order valence-electron chi connectivity index (χ4n) is 11.6. The highest BCUT2D eigenvalue weighted by Crippen LogP contribution is 2.35. The molecule has 1 fully saturated rings. The van der Waals surface area contributed by atoms with Gasteiger partial charge in [0.05, 0.1) is 24.2 Å². The molecule has 9 atom stereocenters. The van der Waals surface area contributed by atoms with E-state index in [1.807, 2.05) is 84.0 Å². The van der Waals surface area contributed by atoms with Crippen LogP contribution in [0, 0.1) is 10.8 Å². The molecular weight excluding hydrogens is 1020 g/mol. The lowest BCUT2D eigenvalue weighted by Crippen LogP contribution is -2.62. The highest BCUT2D eigenvalue weighted by Gasteiger charge is 2.47. The molecule has 8 N–H and O–H groups in total. The predicted molar refractivity (Wildman–Crippen MR) is 311 cm³/mol. The van der Waals surface area contributed by atoms with Crippen molar-refractivity contribution in [3.8, 4) is 0 Å². The Labute approximate surface area is 476 Å². The van der Waals surface area contributed by atoms with Crippen LogP contribution < -0.4 is 42.5 Å². The van der Waals surface area contributed by atoms with Crippen LogP contribution in [0.5, 0.6) is 0 Å².